The Labute approximate surface area is 135 Å². The third-order valence-electron chi connectivity index (χ3n) is 2.55. The van der Waals surface area contributed by atoms with E-state index >= 15 is 0 Å². The van der Waals surface area contributed by atoms with E-state index in [9.17, 15) is 0 Å². The van der Waals surface area contributed by atoms with Crippen molar-refractivity contribution in [3.05, 3.63) is 28.3 Å². The lowest BCUT2D eigenvalue weighted by Gasteiger charge is -2.13. The SMILES string of the molecule is Cc1cc(C)c(OCCCN(C)C)c(Cl)c1.O=C(O)C(=O)O. The van der Waals surface area contributed by atoms with Crippen molar-refractivity contribution in [2.45, 2.75) is 20.3 Å². The smallest absolute Gasteiger partial charge is 0.414 e. The second kappa shape index (κ2) is 10.0. The van der Waals surface area contributed by atoms with Gasteiger partial charge in [-0.2, -0.15) is 0 Å². The molecule has 0 atom stereocenters. The van der Waals surface area contributed by atoms with Gasteiger partial charge < -0.3 is 19.8 Å². The Bertz CT molecular complexity index is 482. The van der Waals surface area contributed by atoms with Crippen LogP contribution >= 0.6 is 11.6 Å². The van der Waals surface area contributed by atoms with Crippen molar-refractivity contribution < 1.29 is 24.5 Å². The number of benzene rings is 1. The summed E-state index contributed by atoms with van der Waals surface area (Å²) in [5.74, 6) is -2.82. The van der Waals surface area contributed by atoms with Crippen LogP contribution in [0.25, 0.3) is 0 Å². The molecule has 0 aliphatic heterocycles. The molecule has 0 aliphatic rings. The number of rotatable bonds is 5. The Kier molecular flexibility index (Phi) is 9.21. The number of ether oxygens (including phenoxy) is 1. The Morgan fingerprint density at radius 3 is 2.14 bits per heavy atom. The molecule has 1 rings (SSSR count). The first kappa shape index (κ1) is 20.2. The lowest BCUT2D eigenvalue weighted by molar-refractivity contribution is -0.159. The van der Waals surface area contributed by atoms with Gasteiger partial charge in [0.2, 0.25) is 0 Å². The number of halogens is 1. The Morgan fingerprint density at radius 1 is 1.18 bits per heavy atom. The topological polar surface area (TPSA) is 87.1 Å². The van der Waals surface area contributed by atoms with Crippen molar-refractivity contribution in [2.24, 2.45) is 0 Å². The molecule has 0 unspecified atom stereocenters. The molecule has 0 spiro atoms. The fourth-order valence-corrected chi connectivity index (χ4v) is 2.02. The number of aliphatic carboxylic acids is 2. The van der Waals surface area contributed by atoms with Crippen molar-refractivity contribution >= 4 is 23.5 Å². The highest BCUT2D eigenvalue weighted by Crippen LogP contribution is 2.29. The summed E-state index contributed by atoms with van der Waals surface area (Å²) >= 11 is 6.14. The number of carboxylic acids is 2. The maximum atomic E-state index is 9.10. The maximum Gasteiger partial charge on any atom is 0.414 e. The Morgan fingerprint density at radius 2 is 1.73 bits per heavy atom. The van der Waals surface area contributed by atoms with Gasteiger partial charge in [0, 0.05) is 6.54 Å². The lowest BCUT2D eigenvalue weighted by Crippen LogP contribution is -2.15. The highest BCUT2D eigenvalue weighted by Gasteiger charge is 2.06. The average molecular weight is 332 g/mol. The number of hydrogen-bond acceptors (Lipinski definition) is 4. The van der Waals surface area contributed by atoms with Crippen LogP contribution in [-0.2, 0) is 9.59 Å². The summed E-state index contributed by atoms with van der Waals surface area (Å²) in [5, 5.41) is 15.5. The lowest BCUT2D eigenvalue weighted by atomic mass is 10.1. The molecule has 7 heteroatoms. The van der Waals surface area contributed by atoms with E-state index in [0.717, 1.165) is 24.3 Å². The predicted octanol–water partition coefficient (Wildman–Crippen LogP) is 2.44. The maximum absolute atomic E-state index is 9.10. The van der Waals surface area contributed by atoms with Crippen LogP contribution in [0.5, 0.6) is 5.75 Å². The van der Waals surface area contributed by atoms with Gasteiger partial charge in [0.15, 0.2) is 0 Å². The van der Waals surface area contributed by atoms with Gasteiger partial charge >= 0.3 is 11.9 Å². The molecule has 124 valence electrons. The first-order chi connectivity index (χ1) is 10.1. The molecule has 0 aromatic heterocycles. The number of nitrogens with zero attached hydrogens (tertiary/aromatic N) is 1. The fourth-order valence-electron chi connectivity index (χ4n) is 1.64. The second-order valence-electron chi connectivity index (χ2n) is 5.01. The highest BCUT2D eigenvalue weighted by molar-refractivity contribution is 6.32. The summed E-state index contributed by atoms with van der Waals surface area (Å²) < 4.78 is 5.71. The first-order valence-corrected chi connectivity index (χ1v) is 7.03. The number of carbonyl (C=O) groups is 2. The molecule has 0 aliphatic carbocycles. The summed E-state index contributed by atoms with van der Waals surface area (Å²) in [6, 6.07) is 4.03. The van der Waals surface area contributed by atoms with E-state index in [2.05, 4.69) is 25.1 Å². The third kappa shape index (κ3) is 8.49. The zero-order valence-corrected chi connectivity index (χ0v) is 14.0. The van der Waals surface area contributed by atoms with Crippen molar-refractivity contribution in [2.75, 3.05) is 27.2 Å². The van der Waals surface area contributed by atoms with Crippen LogP contribution in [0.3, 0.4) is 0 Å². The molecule has 0 saturated heterocycles. The van der Waals surface area contributed by atoms with Crippen molar-refractivity contribution in [3.8, 4) is 5.75 Å². The van der Waals surface area contributed by atoms with E-state index in [1.165, 1.54) is 5.56 Å². The van der Waals surface area contributed by atoms with Gasteiger partial charge in [0.05, 0.1) is 11.6 Å². The molecular weight excluding hydrogens is 310 g/mol. The molecule has 0 amide bonds. The zero-order chi connectivity index (χ0) is 17.3. The van der Waals surface area contributed by atoms with Crippen LogP contribution in [-0.4, -0.2) is 54.3 Å². The van der Waals surface area contributed by atoms with E-state index in [4.69, 9.17) is 36.1 Å². The van der Waals surface area contributed by atoms with E-state index in [-0.39, 0.29) is 0 Å². The molecule has 0 saturated carbocycles. The zero-order valence-electron chi connectivity index (χ0n) is 13.2. The normalized spacial score (nSPS) is 9.91. The monoisotopic (exact) mass is 331 g/mol. The first-order valence-electron chi connectivity index (χ1n) is 6.65. The molecule has 0 fully saturated rings. The molecule has 0 radical (unpaired) electrons. The average Bonchev–Trinajstić information content (AvgIpc) is 2.36. The molecule has 6 nitrogen and oxygen atoms in total. The third-order valence-corrected chi connectivity index (χ3v) is 2.83. The van der Waals surface area contributed by atoms with Gasteiger partial charge in [0.25, 0.3) is 0 Å². The largest absolute Gasteiger partial charge is 0.492 e. The summed E-state index contributed by atoms with van der Waals surface area (Å²) in [7, 11) is 4.12. The number of hydrogen-bond donors (Lipinski definition) is 2. The Balaban J connectivity index is 0.000000626. The minimum Gasteiger partial charge on any atom is -0.492 e. The van der Waals surface area contributed by atoms with Crippen LogP contribution in [0.1, 0.15) is 17.5 Å². The Hall–Kier alpha value is -1.79. The van der Waals surface area contributed by atoms with E-state index in [0.29, 0.717) is 11.6 Å². The van der Waals surface area contributed by atoms with Gasteiger partial charge in [-0.05, 0) is 51.6 Å². The van der Waals surface area contributed by atoms with Crippen LogP contribution in [0.4, 0.5) is 0 Å². The molecule has 22 heavy (non-hydrogen) atoms. The summed E-state index contributed by atoms with van der Waals surface area (Å²) in [6.45, 7) is 5.80. The number of carboxylic acid groups (broad SMARTS) is 2. The molecular formula is C15H22ClNO5. The quantitative estimate of drug-likeness (QED) is 0.636. The fraction of sp³-hybridized carbons (Fsp3) is 0.467. The van der Waals surface area contributed by atoms with Crippen molar-refractivity contribution in [1.29, 1.82) is 0 Å². The molecule has 0 heterocycles. The van der Waals surface area contributed by atoms with Gasteiger partial charge in [-0.15, -0.1) is 0 Å². The van der Waals surface area contributed by atoms with Crippen LogP contribution in [0.15, 0.2) is 12.1 Å². The van der Waals surface area contributed by atoms with Gasteiger partial charge in [-0.3, -0.25) is 0 Å². The summed E-state index contributed by atoms with van der Waals surface area (Å²) in [6.07, 6.45) is 1.01. The van der Waals surface area contributed by atoms with Gasteiger partial charge in [-0.25, -0.2) is 9.59 Å². The van der Waals surface area contributed by atoms with Gasteiger partial charge in [0.1, 0.15) is 5.75 Å². The van der Waals surface area contributed by atoms with Crippen LogP contribution in [0.2, 0.25) is 5.02 Å². The number of aryl methyl sites for hydroxylation is 2. The summed E-state index contributed by atoms with van der Waals surface area (Å²) in [4.78, 5) is 20.3. The molecule has 1 aromatic rings. The molecule has 2 N–H and O–H groups in total. The minimum atomic E-state index is -1.82. The minimum absolute atomic E-state index is 0.710. The van der Waals surface area contributed by atoms with Crippen molar-refractivity contribution in [1.82, 2.24) is 4.90 Å². The van der Waals surface area contributed by atoms with E-state index in [1.807, 2.05) is 19.9 Å². The van der Waals surface area contributed by atoms with E-state index in [1.54, 1.807) is 0 Å². The van der Waals surface area contributed by atoms with Gasteiger partial charge in [-0.1, -0.05) is 17.7 Å². The van der Waals surface area contributed by atoms with Crippen molar-refractivity contribution in [3.63, 3.8) is 0 Å². The van der Waals surface area contributed by atoms with Crippen LogP contribution < -0.4 is 4.74 Å². The van der Waals surface area contributed by atoms with Crippen LogP contribution in [0, 0.1) is 13.8 Å². The molecule has 1 aromatic carbocycles. The second-order valence-corrected chi connectivity index (χ2v) is 5.42. The summed E-state index contributed by atoms with van der Waals surface area (Å²) in [5.41, 5.74) is 2.28. The predicted molar refractivity (Wildman–Crippen MR) is 84.9 cm³/mol. The van der Waals surface area contributed by atoms with E-state index < -0.39 is 11.9 Å². The molecule has 0 bridgehead atoms. The standard InChI is InChI=1S/C13H20ClNO.C2H2O4/c1-10-8-11(2)13(12(14)9-10)16-7-5-6-15(3)4;3-1(4)2(5)6/h8-9H,5-7H2,1-4H3;(H,3,4)(H,5,6). The highest BCUT2D eigenvalue weighted by atomic mass is 35.5.